The summed E-state index contributed by atoms with van der Waals surface area (Å²) in [6.45, 7) is 4.52. The molecule has 0 aliphatic carbocycles. The maximum atomic E-state index is 6.78. The number of rotatable bonds is 2. The van der Waals surface area contributed by atoms with Crippen LogP contribution in [-0.2, 0) is 6.42 Å². The van der Waals surface area contributed by atoms with Gasteiger partial charge in [0.1, 0.15) is 11.6 Å². The van der Waals surface area contributed by atoms with Gasteiger partial charge < -0.3 is 9.64 Å². The second kappa shape index (κ2) is 5.02. The molecule has 4 rings (SSSR count). The molecular weight excluding hydrogens is 296 g/mol. The highest BCUT2D eigenvalue weighted by molar-refractivity contribution is 6.36. The molecule has 1 aromatic heterocycles. The van der Waals surface area contributed by atoms with Gasteiger partial charge in [-0.3, -0.25) is 0 Å². The van der Waals surface area contributed by atoms with Crippen LogP contribution >= 0.6 is 11.6 Å². The maximum absolute atomic E-state index is 6.78. The van der Waals surface area contributed by atoms with Crippen molar-refractivity contribution in [2.24, 2.45) is 5.41 Å². The Kier molecular flexibility index (Phi) is 3.23. The van der Waals surface area contributed by atoms with E-state index in [1.165, 1.54) is 24.8 Å². The van der Waals surface area contributed by atoms with Crippen molar-refractivity contribution >= 4 is 28.3 Å². The molecule has 2 aliphatic rings. The number of halogens is 1. The monoisotopic (exact) mass is 316 g/mol. The topological polar surface area (TPSA) is 25.4 Å². The smallest absolute Gasteiger partial charge is 0.134 e. The number of anilines is 1. The Balaban J connectivity index is 1.93. The summed E-state index contributed by atoms with van der Waals surface area (Å²) in [4.78, 5) is 7.37. The Morgan fingerprint density at radius 2 is 2.27 bits per heavy atom. The summed E-state index contributed by atoms with van der Waals surface area (Å²) >= 11 is 6.78. The highest BCUT2D eigenvalue weighted by atomic mass is 35.5. The third-order valence-corrected chi connectivity index (χ3v) is 5.90. The molecule has 22 heavy (non-hydrogen) atoms. The van der Waals surface area contributed by atoms with Crippen LogP contribution in [0, 0.1) is 5.41 Å². The standard InChI is InChI=1S/C18H21ClN2O/c1-3-18-7-4-8-21(11-18)17-14(10-18)16(19)13-6-5-12(22-2)9-15(13)20-17/h5-6,9H,3-4,7-8,10-11H2,1-2H3/t18-/m0/s1. The van der Waals surface area contributed by atoms with Gasteiger partial charge in [-0.05, 0) is 43.2 Å². The summed E-state index contributed by atoms with van der Waals surface area (Å²) in [5, 5.41) is 1.92. The van der Waals surface area contributed by atoms with Gasteiger partial charge in [0.05, 0.1) is 17.6 Å². The molecular formula is C18H21ClN2O. The average Bonchev–Trinajstić information content (AvgIpc) is 2.56. The van der Waals surface area contributed by atoms with Crippen LogP contribution in [0.5, 0.6) is 5.75 Å². The van der Waals surface area contributed by atoms with Crippen molar-refractivity contribution in [3.63, 3.8) is 0 Å². The van der Waals surface area contributed by atoms with Crippen molar-refractivity contribution in [1.29, 1.82) is 0 Å². The Morgan fingerprint density at radius 1 is 1.41 bits per heavy atom. The van der Waals surface area contributed by atoms with Gasteiger partial charge >= 0.3 is 0 Å². The molecule has 0 N–H and O–H groups in total. The molecule has 0 amide bonds. The molecule has 116 valence electrons. The Labute approximate surface area is 136 Å². The first-order valence-electron chi connectivity index (χ1n) is 8.07. The fourth-order valence-corrected chi connectivity index (χ4v) is 4.41. The number of methoxy groups -OCH3 is 1. The van der Waals surface area contributed by atoms with Crippen LogP contribution in [0.4, 0.5) is 5.82 Å². The molecule has 1 fully saturated rings. The van der Waals surface area contributed by atoms with Gasteiger partial charge in [-0.25, -0.2) is 4.98 Å². The molecule has 1 atom stereocenters. The highest BCUT2D eigenvalue weighted by Crippen LogP contribution is 2.47. The summed E-state index contributed by atoms with van der Waals surface area (Å²) in [5.41, 5.74) is 2.56. The quantitative estimate of drug-likeness (QED) is 0.818. The van der Waals surface area contributed by atoms with Crippen molar-refractivity contribution in [3.05, 3.63) is 28.8 Å². The zero-order valence-electron chi connectivity index (χ0n) is 13.2. The molecule has 1 saturated heterocycles. The fraction of sp³-hybridized carbons (Fsp3) is 0.500. The lowest BCUT2D eigenvalue weighted by atomic mass is 9.71. The lowest BCUT2D eigenvalue weighted by Crippen LogP contribution is -2.48. The van der Waals surface area contributed by atoms with E-state index >= 15 is 0 Å². The summed E-state index contributed by atoms with van der Waals surface area (Å²) in [5.74, 6) is 1.92. The first-order chi connectivity index (χ1) is 10.7. The van der Waals surface area contributed by atoms with E-state index in [-0.39, 0.29) is 0 Å². The number of pyridine rings is 1. The SMILES string of the molecule is CC[C@@]12CCCN(C1)c1nc3cc(OC)ccc3c(Cl)c1C2. The lowest BCUT2D eigenvalue weighted by molar-refractivity contribution is 0.208. The minimum Gasteiger partial charge on any atom is -0.497 e. The Hall–Kier alpha value is -1.48. The van der Waals surface area contributed by atoms with Gasteiger partial charge in [0, 0.05) is 30.1 Å². The number of piperidine rings is 1. The normalized spacial score (nSPS) is 23.5. The number of fused-ring (bicyclic) bond motifs is 5. The Bertz CT molecular complexity index is 745. The van der Waals surface area contributed by atoms with Gasteiger partial charge in [-0.2, -0.15) is 0 Å². The van der Waals surface area contributed by atoms with E-state index in [2.05, 4.69) is 11.8 Å². The molecule has 0 spiro atoms. The van der Waals surface area contributed by atoms with Gasteiger partial charge in [0.25, 0.3) is 0 Å². The number of aromatic nitrogens is 1. The molecule has 0 radical (unpaired) electrons. The van der Waals surface area contributed by atoms with Crippen LogP contribution in [0.15, 0.2) is 18.2 Å². The molecule has 1 aromatic carbocycles. The maximum Gasteiger partial charge on any atom is 0.134 e. The van der Waals surface area contributed by atoms with E-state index in [0.29, 0.717) is 5.41 Å². The number of ether oxygens (including phenoxy) is 1. The molecule has 0 saturated carbocycles. The van der Waals surface area contributed by atoms with Gasteiger partial charge in [-0.1, -0.05) is 18.5 Å². The number of benzene rings is 1. The van der Waals surface area contributed by atoms with Crippen molar-refractivity contribution in [3.8, 4) is 5.75 Å². The molecule has 3 heterocycles. The van der Waals surface area contributed by atoms with Crippen LogP contribution in [-0.4, -0.2) is 25.2 Å². The molecule has 2 aliphatic heterocycles. The number of hydrogen-bond acceptors (Lipinski definition) is 3. The van der Waals surface area contributed by atoms with Gasteiger partial charge in [0.15, 0.2) is 0 Å². The van der Waals surface area contributed by atoms with Crippen LogP contribution in [0.1, 0.15) is 31.7 Å². The highest BCUT2D eigenvalue weighted by Gasteiger charge is 2.41. The van der Waals surface area contributed by atoms with E-state index in [0.717, 1.165) is 47.0 Å². The average molecular weight is 317 g/mol. The predicted molar refractivity (Wildman–Crippen MR) is 91.2 cm³/mol. The van der Waals surface area contributed by atoms with Crippen LogP contribution in [0.3, 0.4) is 0 Å². The predicted octanol–water partition coefficient (Wildman–Crippen LogP) is 4.45. The third kappa shape index (κ3) is 1.98. The lowest BCUT2D eigenvalue weighted by Gasteiger charge is -2.48. The first kappa shape index (κ1) is 14.1. The van der Waals surface area contributed by atoms with Crippen LogP contribution in [0.25, 0.3) is 10.9 Å². The molecule has 2 bridgehead atoms. The minimum absolute atomic E-state index is 0.386. The summed E-state index contributed by atoms with van der Waals surface area (Å²) in [6, 6.07) is 5.97. The zero-order valence-corrected chi connectivity index (χ0v) is 13.9. The third-order valence-electron chi connectivity index (χ3n) is 5.47. The van der Waals surface area contributed by atoms with E-state index in [1.54, 1.807) is 7.11 Å². The Morgan fingerprint density at radius 3 is 3.05 bits per heavy atom. The van der Waals surface area contributed by atoms with Crippen molar-refractivity contribution in [2.45, 2.75) is 32.6 Å². The largest absolute Gasteiger partial charge is 0.497 e. The molecule has 0 unspecified atom stereocenters. The van der Waals surface area contributed by atoms with Crippen molar-refractivity contribution in [1.82, 2.24) is 4.98 Å². The first-order valence-corrected chi connectivity index (χ1v) is 8.45. The molecule has 2 aromatic rings. The van der Waals surface area contributed by atoms with Crippen LogP contribution < -0.4 is 9.64 Å². The van der Waals surface area contributed by atoms with Gasteiger partial charge in [0.2, 0.25) is 0 Å². The minimum atomic E-state index is 0.386. The fourth-order valence-electron chi connectivity index (χ4n) is 4.10. The van der Waals surface area contributed by atoms with Crippen molar-refractivity contribution in [2.75, 3.05) is 25.1 Å². The summed E-state index contributed by atoms with van der Waals surface area (Å²) in [7, 11) is 1.68. The second-order valence-electron chi connectivity index (χ2n) is 6.67. The second-order valence-corrected chi connectivity index (χ2v) is 7.04. The summed E-state index contributed by atoms with van der Waals surface area (Å²) in [6.07, 6.45) is 4.82. The summed E-state index contributed by atoms with van der Waals surface area (Å²) < 4.78 is 5.32. The number of nitrogens with zero attached hydrogens (tertiary/aromatic N) is 2. The van der Waals surface area contributed by atoms with E-state index in [9.17, 15) is 0 Å². The number of hydrogen-bond donors (Lipinski definition) is 0. The van der Waals surface area contributed by atoms with E-state index in [4.69, 9.17) is 21.3 Å². The molecule has 3 nitrogen and oxygen atoms in total. The molecule has 4 heteroatoms. The van der Waals surface area contributed by atoms with E-state index in [1.807, 2.05) is 18.2 Å². The van der Waals surface area contributed by atoms with Crippen molar-refractivity contribution < 1.29 is 4.74 Å². The van der Waals surface area contributed by atoms with E-state index < -0.39 is 0 Å². The zero-order chi connectivity index (χ0) is 15.3. The van der Waals surface area contributed by atoms with Gasteiger partial charge in [-0.15, -0.1) is 0 Å². The van der Waals surface area contributed by atoms with Crippen LogP contribution in [0.2, 0.25) is 5.02 Å².